The number of aryl methyl sites for hydroxylation is 1. The summed E-state index contributed by atoms with van der Waals surface area (Å²) < 4.78 is 1.81. The van der Waals surface area contributed by atoms with Crippen molar-refractivity contribution < 1.29 is 0 Å². The smallest absolute Gasteiger partial charge is 0.138 e. The second kappa shape index (κ2) is 3.69. The molecule has 0 saturated heterocycles. The van der Waals surface area contributed by atoms with E-state index in [-0.39, 0.29) is 6.04 Å². The minimum absolute atomic E-state index is 0.227. The first-order valence-electron chi connectivity index (χ1n) is 5.27. The molecule has 2 rings (SSSR count). The third kappa shape index (κ3) is 1.95. The van der Waals surface area contributed by atoms with Gasteiger partial charge in [0.1, 0.15) is 12.2 Å². The Morgan fingerprint density at radius 3 is 2.86 bits per heavy atom. The molecule has 1 aliphatic rings. The lowest BCUT2D eigenvalue weighted by Gasteiger charge is -2.18. The van der Waals surface area contributed by atoms with Crippen molar-refractivity contribution >= 4 is 0 Å². The minimum Gasteiger partial charge on any atom is -0.327 e. The predicted molar refractivity (Wildman–Crippen MR) is 54.6 cm³/mol. The Hall–Kier alpha value is -0.900. The molecule has 1 saturated carbocycles. The van der Waals surface area contributed by atoms with Crippen molar-refractivity contribution in [2.75, 3.05) is 0 Å². The Balaban J connectivity index is 1.93. The summed E-state index contributed by atoms with van der Waals surface area (Å²) in [5.41, 5.74) is 6.14. The van der Waals surface area contributed by atoms with Gasteiger partial charge in [0.25, 0.3) is 0 Å². The molecule has 1 aromatic heterocycles. The van der Waals surface area contributed by atoms with Crippen LogP contribution in [-0.2, 0) is 13.5 Å². The van der Waals surface area contributed by atoms with Crippen LogP contribution in [-0.4, -0.2) is 20.8 Å². The van der Waals surface area contributed by atoms with Crippen molar-refractivity contribution in [2.45, 2.75) is 32.2 Å². The standard InChI is InChI=1S/C10H18N4/c1-7(8-3-4-8)9(11)5-10-12-6-13-14(10)2/h6-9H,3-5,11H2,1-2H3. The summed E-state index contributed by atoms with van der Waals surface area (Å²) in [6.45, 7) is 2.25. The summed E-state index contributed by atoms with van der Waals surface area (Å²) in [5, 5.41) is 4.04. The number of nitrogens with two attached hydrogens (primary N) is 1. The third-order valence-electron chi connectivity index (χ3n) is 3.26. The molecule has 2 unspecified atom stereocenters. The van der Waals surface area contributed by atoms with Gasteiger partial charge >= 0.3 is 0 Å². The molecule has 0 spiro atoms. The third-order valence-corrected chi connectivity index (χ3v) is 3.26. The molecule has 0 aromatic carbocycles. The van der Waals surface area contributed by atoms with Crippen molar-refractivity contribution in [3.8, 4) is 0 Å². The SMILES string of the molecule is CC(C(N)Cc1ncnn1C)C1CC1. The molecule has 1 aromatic rings. The average Bonchev–Trinajstić information content (AvgIpc) is 2.92. The Kier molecular flexibility index (Phi) is 2.54. The molecule has 1 fully saturated rings. The van der Waals surface area contributed by atoms with Crippen LogP contribution in [0.1, 0.15) is 25.6 Å². The van der Waals surface area contributed by atoms with Crippen LogP contribution in [0.25, 0.3) is 0 Å². The molecule has 1 aliphatic carbocycles. The molecule has 0 radical (unpaired) electrons. The zero-order valence-electron chi connectivity index (χ0n) is 8.85. The number of nitrogens with zero attached hydrogens (tertiary/aromatic N) is 3. The minimum atomic E-state index is 0.227. The number of hydrogen-bond acceptors (Lipinski definition) is 3. The number of rotatable bonds is 4. The first-order valence-corrected chi connectivity index (χ1v) is 5.27. The van der Waals surface area contributed by atoms with Gasteiger partial charge in [-0.25, -0.2) is 4.98 Å². The van der Waals surface area contributed by atoms with Gasteiger partial charge in [0.2, 0.25) is 0 Å². The van der Waals surface area contributed by atoms with Gasteiger partial charge in [0.05, 0.1) is 0 Å². The summed E-state index contributed by atoms with van der Waals surface area (Å²) in [4.78, 5) is 4.19. The highest BCUT2D eigenvalue weighted by Crippen LogP contribution is 2.38. The van der Waals surface area contributed by atoms with E-state index in [1.54, 1.807) is 11.0 Å². The second-order valence-electron chi connectivity index (χ2n) is 4.36. The van der Waals surface area contributed by atoms with E-state index in [0.29, 0.717) is 5.92 Å². The van der Waals surface area contributed by atoms with E-state index in [2.05, 4.69) is 17.0 Å². The van der Waals surface area contributed by atoms with Gasteiger partial charge in [0, 0.05) is 19.5 Å². The lowest BCUT2D eigenvalue weighted by atomic mass is 9.95. The monoisotopic (exact) mass is 194 g/mol. The summed E-state index contributed by atoms with van der Waals surface area (Å²) in [5.74, 6) is 2.47. The van der Waals surface area contributed by atoms with E-state index < -0.39 is 0 Å². The van der Waals surface area contributed by atoms with Crippen molar-refractivity contribution in [3.63, 3.8) is 0 Å². The zero-order valence-corrected chi connectivity index (χ0v) is 8.85. The first kappa shape index (κ1) is 9.65. The first-order chi connectivity index (χ1) is 6.68. The molecular formula is C10H18N4. The fourth-order valence-corrected chi connectivity index (χ4v) is 1.87. The Labute approximate surface area is 84.5 Å². The van der Waals surface area contributed by atoms with Gasteiger partial charge < -0.3 is 5.73 Å². The van der Waals surface area contributed by atoms with E-state index in [4.69, 9.17) is 5.73 Å². The van der Waals surface area contributed by atoms with Gasteiger partial charge in [0.15, 0.2) is 0 Å². The molecule has 0 aliphatic heterocycles. The number of hydrogen-bond donors (Lipinski definition) is 1. The van der Waals surface area contributed by atoms with E-state index in [1.165, 1.54) is 12.8 Å². The van der Waals surface area contributed by atoms with Crippen LogP contribution in [0, 0.1) is 11.8 Å². The van der Waals surface area contributed by atoms with Crippen molar-refractivity contribution in [1.29, 1.82) is 0 Å². The van der Waals surface area contributed by atoms with Crippen molar-refractivity contribution in [2.24, 2.45) is 24.6 Å². The van der Waals surface area contributed by atoms with Crippen LogP contribution in [0.4, 0.5) is 0 Å². The average molecular weight is 194 g/mol. The molecule has 78 valence electrons. The Morgan fingerprint density at radius 2 is 2.36 bits per heavy atom. The highest BCUT2D eigenvalue weighted by atomic mass is 15.3. The van der Waals surface area contributed by atoms with E-state index in [0.717, 1.165) is 18.2 Å². The van der Waals surface area contributed by atoms with Gasteiger partial charge in [-0.1, -0.05) is 6.92 Å². The van der Waals surface area contributed by atoms with Gasteiger partial charge in [-0.2, -0.15) is 5.10 Å². The maximum Gasteiger partial charge on any atom is 0.138 e. The summed E-state index contributed by atoms with van der Waals surface area (Å²) in [7, 11) is 1.91. The maximum absolute atomic E-state index is 6.14. The summed E-state index contributed by atoms with van der Waals surface area (Å²) in [6.07, 6.45) is 5.14. The largest absolute Gasteiger partial charge is 0.327 e. The molecule has 4 heteroatoms. The highest BCUT2D eigenvalue weighted by Gasteiger charge is 2.32. The predicted octanol–water partition coefficient (Wildman–Crippen LogP) is 0.731. The fourth-order valence-electron chi connectivity index (χ4n) is 1.87. The van der Waals surface area contributed by atoms with E-state index in [9.17, 15) is 0 Å². The van der Waals surface area contributed by atoms with Crippen LogP contribution in [0.15, 0.2) is 6.33 Å². The summed E-state index contributed by atoms with van der Waals surface area (Å²) >= 11 is 0. The molecule has 14 heavy (non-hydrogen) atoms. The zero-order chi connectivity index (χ0) is 10.1. The molecule has 1 heterocycles. The topological polar surface area (TPSA) is 56.7 Å². The van der Waals surface area contributed by atoms with E-state index >= 15 is 0 Å². The van der Waals surface area contributed by atoms with Crippen LogP contribution in [0.5, 0.6) is 0 Å². The molecule has 0 amide bonds. The fraction of sp³-hybridized carbons (Fsp3) is 0.800. The normalized spacial score (nSPS) is 20.8. The second-order valence-corrected chi connectivity index (χ2v) is 4.36. The van der Waals surface area contributed by atoms with Gasteiger partial charge in [-0.15, -0.1) is 0 Å². The molecule has 0 bridgehead atoms. The quantitative estimate of drug-likeness (QED) is 0.768. The Morgan fingerprint density at radius 1 is 1.64 bits per heavy atom. The van der Waals surface area contributed by atoms with Crippen molar-refractivity contribution in [1.82, 2.24) is 14.8 Å². The van der Waals surface area contributed by atoms with Crippen LogP contribution in [0.2, 0.25) is 0 Å². The van der Waals surface area contributed by atoms with Gasteiger partial charge in [-0.3, -0.25) is 4.68 Å². The lowest BCUT2D eigenvalue weighted by Crippen LogP contribution is -2.32. The summed E-state index contributed by atoms with van der Waals surface area (Å²) in [6, 6.07) is 0.227. The lowest BCUT2D eigenvalue weighted by molar-refractivity contribution is 0.395. The molecule has 4 nitrogen and oxygen atoms in total. The number of aromatic nitrogens is 3. The van der Waals surface area contributed by atoms with Crippen LogP contribution < -0.4 is 5.73 Å². The van der Waals surface area contributed by atoms with Gasteiger partial charge in [-0.05, 0) is 24.7 Å². The van der Waals surface area contributed by atoms with Crippen LogP contribution in [0.3, 0.4) is 0 Å². The maximum atomic E-state index is 6.14. The Bertz CT molecular complexity index is 303. The highest BCUT2D eigenvalue weighted by molar-refractivity contribution is 4.93. The molecule has 2 atom stereocenters. The van der Waals surface area contributed by atoms with E-state index in [1.807, 2.05) is 7.05 Å². The molecular weight excluding hydrogens is 176 g/mol. The van der Waals surface area contributed by atoms with Crippen molar-refractivity contribution in [3.05, 3.63) is 12.2 Å². The molecule has 2 N–H and O–H groups in total. The van der Waals surface area contributed by atoms with Crippen LogP contribution >= 0.6 is 0 Å².